The first-order valence-electron chi connectivity index (χ1n) is 8.30. The molecule has 0 spiro atoms. The average molecular weight is 353 g/mol. The van der Waals surface area contributed by atoms with E-state index < -0.39 is 27.3 Å². The third-order valence-corrected chi connectivity index (χ3v) is 6.12. The third kappa shape index (κ3) is 3.40. The van der Waals surface area contributed by atoms with Crippen molar-refractivity contribution in [2.24, 2.45) is 5.92 Å². The number of hydrogen-bond donors (Lipinski definition) is 3. The Hall–Kier alpha value is -1.64. The normalized spacial score (nSPS) is 23.5. The van der Waals surface area contributed by atoms with Gasteiger partial charge in [0.1, 0.15) is 5.92 Å². The van der Waals surface area contributed by atoms with Crippen LogP contribution in [0, 0.1) is 5.92 Å². The maximum atomic E-state index is 12.8. The van der Waals surface area contributed by atoms with E-state index in [0.717, 1.165) is 31.2 Å². The van der Waals surface area contributed by atoms with Crippen LogP contribution in [0.15, 0.2) is 18.2 Å². The first-order chi connectivity index (χ1) is 11.5. The van der Waals surface area contributed by atoms with E-state index in [1.165, 1.54) is 5.56 Å². The molecule has 3 N–H and O–H groups in total. The van der Waals surface area contributed by atoms with E-state index in [4.69, 9.17) is 4.74 Å². The SMILES string of the molecule is CCOC(=O)C1CNNC1S(=O)(=O)Nc1cccc2c1CCCC2. The van der Waals surface area contributed by atoms with Crippen LogP contribution in [0.25, 0.3) is 0 Å². The standard InChI is InChI=1S/C16H23N3O4S/c1-2-23-16(20)13-10-17-18-15(13)24(21,22)19-14-9-5-7-11-6-3-4-8-12(11)14/h5,7,9,13,15,17-19H,2-4,6,8,10H2,1H3. The van der Waals surface area contributed by atoms with Gasteiger partial charge in [0.2, 0.25) is 0 Å². The van der Waals surface area contributed by atoms with Crippen molar-refractivity contribution >= 4 is 21.7 Å². The van der Waals surface area contributed by atoms with Gasteiger partial charge >= 0.3 is 5.97 Å². The highest BCUT2D eigenvalue weighted by Crippen LogP contribution is 2.29. The molecule has 1 aromatic rings. The number of benzene rings is 1. The van der Waals surface area contributed by atoms with Crippen LogP contribution >= 0.6 is 0 Å². The lowest BCUT2D eigenvalue weighted by atomic mass is 9.91. The Balaban J connectivity index is 1.82. The molecule has 132 valence electrons. The number of hydrogen-bond acceptors (Lipinski definition) is 6. The van der Waals surface area contributed by atoms with E-state index in [0.29, 0.717) is 5.69 Å². The maximum Gasteiger partial charge on any atom is 0.313 e. The summed E-state index contributed by atoms with van der Waals surface area (Å²) in [5.41, 5.74) is 8.30. The summed E-state index contributed by atoms with van der Waals surface area (Å²) in [6.07, 6.45) is 4.02. The van der Waals surface area contributed by atoms with Gasteiger partial charge in [0.05, 0.1) is 12.3 Å². The highest BCUT2D eigenvalue weighted by Gasteiger charge is 2.43. The fourth-order valence-corrected chi connectivity index (χ4v) is 4.82. The van der Waals surface area contributed by atoms with E-state index in [1.54, 1.807) is 13.0 Å². The topological polar surface area (TPSA) is 96.5 Å². The maximum absolute atomic E-state index is 12.8. The van der Waals surface area contributed by atoms with Crippen molar-refractivity contribution in [3.05, 3.63) is 29.3 Å². The molecule has 1 heterocycles. The minimum atomic E-state index is -3.78. The van der Waals surface area contributed by atoms with Gasteiger partial charge in [-0.25, -0.2) is 13.8 Å². The van der Waals surface area contributed by atoms with Gasteiger partial charge in [0.25, 0.3) is 10.0 Å². The van der Waals surface area contributed by atoms with Crippen molar-refractivity contribution < 1.29 is 17.9 Å². The molecular weight excluding hydrogens is 330 g/mol. The summed E-state index contributed by atoms with van der Waals surface area (Å²) in [6, 6.07) is 5.69. The number of esters is 1. The van der Waals surface area contributed by atoms with Gasteiger partial charge in [-0.1, -0.05) is 12.1 Å². The lowest BCUT2D eigenvalue weighted by Crippen LogP contribution is -2.44. The molecule has 2 atom stereocenters. The van der Waals surface area contributed by atoms with Crippen LogP contribution in [0.4, 0.5) is 5.69 Å². The van der Waals surface area contributed by atoms with Gasteiger partial charge in [-0.2, -0.15) is 0 Å². The molecular formula is C16H23N3O4S. The Labute approximate surface area is 142 Å². The molecule has 0 saturated carbocycles. The Kier molecular flexibility index (Phi) is 5.07. The zero-order valence-electron chi connectivity index (χ0n) is 13.7. The molecule has 24 heavy (non-hydrogen) atoms. The molecule has 1 saturated heterocycles. The van der Waals surface area contributed by atoms with Crippen molar-refractivity contribution in [1.82, 2.24) is 10.9 Å². The number of nitrogens with one attached hydrogen (secondary N) is 3. The average Bonchev–Trinajstić information content (AvgIpc) is 3.06. The second-order valence-electron chi connectivity index (χ2n) is 6.10. The number of sulfonamides is 1. The summed E-state index contributed by atoms with van der Waals surface area (Å²) in [5.74, 6) is -1.29. The molecule has 1 aliphatic heterocycles. The molecule has 8 heteroatoms. The molecule has 1 aliphatic carbocycles. The number of aryl methyl sites for hydroxylation is 1. The van der Waals surface area contributed by atoms with E-state index in [-0.39, 0.29) is 13.2 Å². The number of rotatable bonds is 5. The van der Waals surface area contributed by atoms with Crippen LogP contribution in [-0.2, 0) is 32.4 Å². The second-order valence-corrected chi connectivity index (χ2v) is 7.90. The highest BCUT2D eigenvalue weighted by atomic mass is 32.2. The molecule has 0 aromatic heterocycles. The summed E-state index contributed by atoms with van der Waals surface area (Å²) < 4.78 is 33.2. The fraction of sp³-hybridized carbons (Fsp3) is 0.562. The first kappa shape index (κ1) is 17.2. The molecule has 1 fully saturated rings. The quantitative estimate of drug-likeness (QED) is 0.681. The van der Waals surface area contributed by atoms with E-state index >= 15 is 0 Å². The smallest absolute Gasteiger partial charge is 0.313 e. The third-order valence-electron chi connectivity index (χ3n) is 4.50. The summed E-state index contributed by atoms with van der Waals surface area (Å²) in [4.78, 5) is 12.0. The minimum absolute atomic E-state index is 0.220. The van der Waals surface area contributed by atoms with Gasteiger partial charge in [-0.15, -0.1) is 0 Å². The van der Waals surface area contributed by atoms with Crippen molar-refractivity contribution in [1.29, 1.82) is 0 Å². The van der Waals surface area contributed by atoms with Crippen molar-refractivity contribution in [2.75, 3.05) is 17.9 Å². The second kappa shape index (κ2) is 7.08. The summed E-state index contributed by atoms with van der Waals surface area (Å²) in [7, 11) is -3.78. The lowest BCUT2D eigenvalue weighted by molar-refractivity contribution is -0.147. The van der Waals surface area contributed by atoms with E-state index in [1.807, 2.05) is 12.1 Å². The Bertz CT molecular complexity index is 720. The molecule has 0 amide bonds. The molecule has 3 rings (SSSR count). The number of hydrazine groups is 1. The molecule has 2 aliphatic rings. The van der Waals surface area contributed by atoms with Crippen LogP contribution < -0.4 is 15.6 Å². The zero-order chi connectivity index (χ0) is 17.2. The Morgan fingerprint density at radius 2 is 2.12 bits per heavy atom. The Morgan fingerprint density at radius 1 is 1.33 bits per heavy atom. The monoisotopic (exact) mass is 353 g/mol. The summed E-state index contributed by atoms with van der Waals surface area (Å²) in [6.45, 7) is 2.14. The zero-order valence-corrected chi connectivity index (χ0v) is 14.5. The van der Waals surface area contributed by atoms with Crippen LogP contribution in [0.5, 0.6) is 0 Å². The van der Waals surface area contributed by atoms with Crippen molar-refractivity contribution in [3.8, 4) is 0 Å². The Morgan fingerprint density at radius 3 is 2.92 bits per heavy atom. The lowest BCUT2D eigenvalue weighted by Gasteiger charge is -2.23. The van der Waals surface area contributed by atoms with Gasteiger partial charge in [-0.05, 0) is 49.8 Å². The van der Waals surface area contributed by atoms with E-state index in [2.05, 4.69) is 15.6 Å². The van der Waals surface area contributed by atoms with Crippen LogP contribution in [0.2, 0.25) is 0 Å². The van der Waals surface area contributed by atoms with Crippen LogP contribution in [-0.4, -0.2) is 32.9 Å². The van der Waals surface area contributed by atoms with Crippen LogP contribution in [0.3, 0.4) is 0 Å². The predicted octanol–water partition coefficient (Wildman–Crippen LogP) is 0.920. The molecule has 0 radical (unpaired) electrons. The van der Waals surface area contributed by atoms with Gasteiger partial charge in [-0.3, -0.25) is 14.9 Å². The summed E-state index contributed by atoms with van der Waals surface area (Å²) in [5, 5.41) is -1.06. The fourth-order valence-electron chi connectivity index (χ4n) is 3.32. The van der Waals surface area contributed by atoms with E-state index in [9.17, 15) is 13.2 Å². The van der Waals surface area contributed by atoms with Gasteiger partial charge in [0.15, 0.2) is 5.37 Å². The number of fused-ring (bicyclic) bond motifs is 1. The minimum Gasteiger partial charge on any atom is -0.466 e. The molecule has 1 aromatic carbocycles. The number of ether oxygens (including phenoxy) is 1. The largest absolute Gasteiger partial charge is 0.466 e. The first-order valence-corrected chi connectivity index (χ1v) is 9.85. The molecule has 7 nitrogen and oxygen atoms in total. The molecule has 0 bridgehead atoms. The number of carbonyl (C=O) groups excluding carboxylic acids is 1. The predicted molar refractivity (Wildman–Crippen MR) is 90.7 cm³/mol. The highest BCUT2D eigenvalue weighted by molar-refractivity contribution is 7.93. The summed E-state index contributed by atoms with van der Waals surface area (Å²) >= 11 is 0. The number of anilines is 1. The van der Waals surface area contributed by atoms with Gasteiger partial charge < -0.3 is 4.74 Å². The van der Waals surface area contributed by atoms with Crippen LogP contribution in [0.1, 0.15) is 30.9 Å². The van der Waals surface area contributed by atoms with Gasteiger partial charge in [0, 0.05) is 6.54 Å². The molecule has 2 unspecified atom stereocenters. The van der Waals surface area contributed by atoms with Crippen molar-refractivity contribution in [3.63, 3.8) is 0 Å². The number of carbonyl (C=O) groups is 1. The van der Waals surface area contributed by atoms with Crippen molar-refractivity contribution in [2.45, 2.75) is 38.0 Å².